The number of rotatable bonds is 3. The normalized spacial score (nSPS) is 18.4. The first kappa shape index (κ1) is 19.7. The van der Waals surface area contributed by atoms with E-state index in [9.17, 15) is 9.59 Å². The Morgan fingerprint density at radius 3 is 2.76 bits per heavy atom. The molecule has 2 heterocycles. The molecule has 0 unspecified atom stereocenters. The smallest absolute Gasteiger partial charge is 0.258 e. The highest BCUT2D eigenvalue weighted by molar-refractivity contribution is 6.33. The first-order chi connectivity index (χ1) is 14.0. The van der Waals surface area contributed by atoms with Crippen LogP contribution in [-0.2, 0) is 11.2 Å². The summed E-state index contributed by atoms with van der Waals surface area (Å²) >= 11 is 6.62. The Hall–Kier alpha value is -2.57. The monoisotopic (exact) mass is 414 g/mol. The Morgan fingerprint density at radius 2 is 2.03 bits per heavy atom. The molecule has 6 nitrogen and oxygen atoms in total. The summed E-state index contributed by atoms with van der Waals surface area (Å²) < 4.78 is 11.4. The summed E-state index contributed by atoms with van der Waals surface area (Å²) in [5.74, 6) is 0.273. The second-order valence-electron chi connectivity index (χ2n) is 7.34. The Morgan fingerprint density at radius 1 is 1.28 bits per heavy atom. The van der Waals surface area contributed by atoms with Crippen molar-refractivity contribution in [2.45, 2.75) is 19.4 Å². The molecule has 1 N–H and O–H groups in total. The fourth-order valence-corrected chi connectivity index (χ4v) is 4.07. The Labute approximate surface area is 174 Å². The molecule has 2 amide bonds. The van der Waals surface area contributed by atoms with Crippen LogP contribution in [0.5, 0.6) is 5.75 Å². The van der Waals surface area contributed by atoms with Crippen molar-refractivity contribution in [3.63, 3.8) is 0 Å². The summed E-state index contributed by atoms with van der Waals surface area (Å²) in [5, 5.41) is 3.09. The molecule has 1 fully saturated rings. The zero-order chi connectivity index (χ0) is 20.5. The van der Waals surface area contributed by atoms with Gasteiger partial charge in [0.15, 0.2) is 5.75 Å². The number of carbonyl (C=O) groups is 2. The van der Waals surface area contributed by atoms with Gasteiger partial charge in [0.2, 0.25) is 0 Å². The second kappa shape index (κ2) is 8.05. The molecule has 0 bridgehead atoms. The molecular formula is C22H23ClN2O4. The van der Waals surface area contributed by atoms with E-state index in [-0.39, 0.29) is 17.9 Å². The van der Waals surface area contributed by atoms with Gasteiger partial charge in [-0.2, -0.15) is 0 Å². The predicted molar refractivity (Wildman–Crippen MR) is 110 cm³/mol. The predicted octanol–water partition coefficient (Wildman–Crippen LogP) is 2.83. The maximum Gasteiger partial charge on any atom is 0.258 e. The van der Waals surface area contributed by atoms with Gasteiger partial charge in [0.25, 0.3) is 11.8 Å². The quantitative estimate of drug-likeness (QED) is 0.838. The van der Waals surface area contributed by atoms with Crippen LogP contribution in [0.3, 0.4) is 0 Å². The minimum Gasteiger partial charge on any atom is -0.489 e. The van der Waals surface area contributed by atoms with Crippen LogP contribution in [0.1, 0.15) is 37.4 Å². The van der Waals surface area contributed by atoms with E-state index in [0.29, 0.717) is 54.7 Å². The average Bonchev–Trinajstić information content (AvgIpc) is 2.89. The van der Waals surface area contributed by atoms with Gasteiger partial charge in [0, 0.05) is 19.2 Å². The minimum absolute atomic E-state index is 0.0658. The summed E-state index contributed by atoms with van der Waals surface area (Å²) in [6.07, 6.45) is 0.604. The molecule has 0 aromatic heterocycles. The number of morpholine rings is 1. The third-order valence-electron chi connectivity index (χ3n) is 5.55. The van der Waals surface area contributed by atoms with Crippen LogP contribution in [-0.4, -0.2) is 56.2 Å². The van der Waals surface area contributed by atoms with Crippen LogP contribution in [0.2, 0.25) is 5.02 Å². The van der Waals surface area contributed by atoms with Crippen molar-refractivity contribution in [2.75, 3.05) is 33.4 Å². The summed E-state index contributed by atoms with van der Waals surface area (Å²) in [7, 11) is 1.61. The van der Waals surface area contributed by atoms with Crippen LogP contribution < -0.4 is 10.1 Å². The molecule has 0 saturated carbocycles. The highest BCUT2D eigenvalue weighted by Crippen LogP contribution is 2.38. The highest BCUT2D eigenvalue weighted by Gasteiger charge is 2.35. The number of ether oxygens (including phenoxy) is 2. The van der Waals surface area contributed by atoms with Gasteiger partial charge in [-0.15, -0.1) is 0 Å². The summed E-state index contributed by atoms with van der Waals surface area (Å²) in [4.78, 5) is 26.7. The van der Waals surface area contributed by atoms with E-state index in [2.05, 4.69) is 5.32 Å². The lowest BCUT2D eigenvalue weighted by Crippen LogP contribution is -2.50. The standard InChI is InChI=1S/C22H23ClN2O4/c1-13-16(9-14-3-5-15(6-4-14)21(26)24-2)10-18-20(19(13)23)29-12-17-11-28-8-7-25(17)22(18)27/h3-6,10,17H,7-9,11-12H2,1-2H3,(H,24,26)/t17-/m0/s1. The number of carbonyl (C=O) groups excluding carboxylic acids is 2. The fourth-order valence-electron chi connectivity index (χ4n) is 3.79. The first-order valence-corrected chi connectivity index (χ1v) is 10.0. The third-order valence-corrected chi connectivity index (χ3v) is 6.01. The van der Waals surface area contributed by atoms with Crippen molar-refractivity contribution < 1.29 is 19.1 Å². The van der Waals surface area contributed by atoms with Crippen LogP contribution in [0.25, 0.3) is 0 Å². The number of amides is 2. The molecule has 4 rings (SSSR count). The van der Waals surface area contributed by atoms with Gasteiger partial charge < -0.3 is 19.7 Å². The minimum atomic E-state index is -0.122. The molecule has 2 aromatic carbocycles. The number of nitrogens with zero attached hydrogens (tertiary/aromatic N) is 1. The lowest BCUT2D eigenvalue weighted by Gasteiger charge is -2.33. The molecule has 1 atom stereocenters. The Kier molecular flexibility index (Phi) is 5.48. The molecular weight excluding hydrogens is 392 g/mol. The van der Waals surface area contributed by atoms with E-state index in [1.165, 1.54) is 0 Å². The van der Waals surface area contributed by atoms with Gasteiger partial charge in [-0.25, -0.2) is 0 Å². The summed E-state index contributed by atoms with van der Waals surface area (Å²) in [5.41, 5.74) is 4.00. The van der Waals surface area contributed by atoms with Crippen LogP contribution >= 0.6 is 11.6 Å². The van der Waals surface area contributed by atoms with Crippen LogP contribution in [0, 0.1) is 6.92 Å². The number of benzene rings is 2. The van der Waals surface area contributed by atoms with E-state index in [4.69, 9.17) is 21.1 Å². The largest absolute Gasteiger partial charge is 0.489 e. The molecule has 2 aromatic rings. The maximum absolute atomic E-state index is 13.2. The molecule has 0 aliphatic carbocycles. The van der Waals surface area contributed by atoms with E-state index < -0.39 is 0 Å². The first-order valence-electron chi connectivity index (χ1n) is 9.64. The molecule has 2 aliphatic heterocycles. The average molecular weight is 415 g/mol. The van der Waals surface area contributed by atoms with Crippen molar-refractivity contribution in [3.8, 4) is 5.75 Å². The molecule has 1 saturated heterocycles. The van der Waals surface area contributed by atoms with Gasteiger partial charge in [-0.1, -0.05) is 23.7 Å². The second-order valence-corrected chi connectivity index (χ2v) is 7.72. The lowest BCUT2D eigenvalue weighted by atomic mass is 9.96. The van der Waals surface area contributed by atoms with Gasteiger partial charge >= 0.3 is 0 Å². The van der Waals surface area contributed by atoms with Gasteiger partial charge in [0.1, 0.15) is 6.61 Å². The van der Waals surface area contributed by atoms with Crippen molar-refractivity contribution in [1.29, 1.82) is 0 Å². The van der Waals surface area contributed by atoms with Crippen molar-refractivity contribution in [3.05, 3.63) is 63.2 Å². The van der Waals surface area contributed by atoms with Crippen molar-refractivity contribution in [1.82, 2.24) is 10.2 Å². The summed E-state index contributed by atoms with van der Waals surface area (Å²) in [6, 6.07) is 9.21. The molecule has 0 spiro atoms. The molecule has 29 heavy (non-hydrogen) atoms. The third kappa shape index (κ3) is 3.70. The molecule has 0 radical (unpaired) electrons. The zero-order valence-electron chi connectivity index (χ0n) is 16.5. The molecule has 152 valence electrons. The number of nitrogens with one attached hydrogen (secondary N) is 1. The Balaban J connectivity index is 1.67. The zero-order valence-corrected chi connectivity index (χ0v) is 17.2. The SMILES string of the molecule is CNC(=O)c1ccc(Cc2cc3c(c(Cl)c2C)OC[C@@H]2COCCN2C3=O)cc1. The number of hydrogen-bond donors (Lipinski definition) is 1. The van der Waals surface area contributed by atoms with E-state index in [1.807, 2.05) is 30.0 Å². The topological polar surface area (TPSA) is 67.9 Å². The summed E-state index contributed by atoms with van der Waals surface area (Å²) in [6.45, 7) is 3.86. The van der Waals surface area contributed by atoms with Gasteiger partial charge in [0.05, 0.1) is 29.8 Å². The van der Waals surface area contributed by atoms with Crippen molar-refractivity contribution in [2.24, 2.45) is 0 Å². The van der Waals surface area contributed by atoms with Gasteiger partial charge in [-0.05, 0) is 48.2 Å². The van der Waals surface area contributed by atoms with E-state index >= 15 is 0 Å². The van der Waals surface area contributed by atoms with Gasteiger partial charge in [-0.3, -0.25) is 9.59 Å². The van der Waals surface area contributed by atoms with E-state index in [0.717, 1.165) is 16.7 Å². The lowest BCUT2D eigenvalue weighted by molar-refractivity contribution is -0.0109. The fraction of sp³-hybridized carbons (Fsp3) is 0.364. The molecule has 2 aliphatic rings. The van der Waals surface area contributed by atoms with Crippen LogP contribution in [0.15, 0.2) is 30.3 Å². The number of halogens is 1. The van der Waals surface area contributed by atoms with Crippen LogP contribution in [0.4, 0.5) is 0 Å². The number of fused-ring (bicyclic) bond motifs is 2. The van der Waals surface area contributed by atoms with E-state index in [1.54, 1.807) is 19.2 Å². The highest BCUT2D eigenvalue weighted by atomic mass is 35.5. The Bertz CT molecular complexity index is 958. The maximum atomic E-state index is 13.2. The molecule has 7 heteroatoms. The van der Waals surface area contributed by atoms with Crippen molar-refractivity contribution >= 4 is 23.4 Å². The number of hydrogen-bond acceptors (Lipinski definition) is 4.